The molecule has 0 fully saturated rings. The molecular formula is C18H20N4O3S. The van der Waals surface area contributed by atoms with Gasteiger partial charge in [0.2, 0.25) is 0 Å². The van der Waals surface area contributed by atoms with Gasteiger partial charge >= 0.3 is 5.97 Å². The quantitative estimate of drug-likeness (QED) is 0.286. The summed E-state index contributed by atoms with van der Waals surface area (Å²) in [5, 5.41) is 11.4. The summed E-state index contributed by atoms with van der Waals surface area (Å²) in [5.41, 5.74) is 1.52. The van der Waals surface area contributed by atoms with Crippen molar-refractivity contribution in [2.24, 2.45) is 0 Å². The second-order valence-corrected chi connectivity index (χ2v) is 6.55. The minimum Gasteiger partial charge on any atom is -0.510 e. The molecule has 1 aromatic carbocycles. The minimum absolute atomic E-state index is 0.0322. The van der Waals surface area contributed by atoms with Crippen LogP contribution in [-0.2, 0) is 16.1 Å². The third kappa shape index (κ3) is 3.75. The molecule has 0 bridgehead atoms. The molecule has 0 aliphatic carbocycles. The Kier molecular flexibility index (Phi) is 5.62. The average Bonchev–Trinajstić information content (AvgIpc) is 3.26. The number of H-pyrrole nitrogens is 1. The first-order valence-corrected chi connectivity index (χ1v) is 9.22. The molecule has 0 saturated heterocycles. The lowest BCUT2D eigenvalue weighted by molar-refractivity contribution is -0.133. The Hall–Kier alpha value is -2.74. The van der Waals surface area contributed by atoms with Crippen LogP contribution in [-0.4, -0.2) is 43.5 Å². The number of carbonyl (C=O) groups excluding carboxylic acids is 1. The van der Waals surface area contributed by atoms with E-state index in [1.807, 2.05) is 35.0 Å². The van der Waals surface area contributed by atoms with Crippen LogP contribution in [0.1, 0.15) is 19.2 Å². The molecule has 0 saturated carbocycles. The molecule has 136 valence electrons. The number of nitrogens with zero attached hydrogens (tertiary/aromatic N) is 3. The van der Waals surface area contributed by atoms with Crippen LogP contribution in [0.25, 0.3) is 16.6 Å². The number of benzene rings is 1. The fourth-order valence-corrected chi connectivity index (χ4v) is 3.44. The van der Waals surface area contributed by atoms with Crippen molar-refractivity contribution in [3.8, 4) is 0 Å². The maximum Gasteiger partial charge on any atom is 0.345 e. The van der Waals surface area contributed by atoms with Crippen LogP contribution in [0.15, 0.2) is 47.6 Å². The number of carbonyl (C=O) groups is 1. The van der Waals surface area contributed by atoms with E-state index < -0.39 is 5.97 Å². The van der Waals surface area contributed by atoms with Crippen molar-refractivity contribution in [2.75, 3.05) is 12.9 Å². The van der Waals surface area contributed by atoms with Gasteiger partial charge in [-0.15, -0.1) is 0 Å². The van der Waals surface area contributed by atoms with E-state index in [0.29, 0.717) is 5.52 Å². The predicted molar refractivity (Wildman–Crippen MR) is 101 cm³/mol. The number of hydrogen-bond acceptors (Lipinski definition) is 6. The summed E-state index contributed by atoms with van der Waals surface area (Å²) in [6, 6.07) is 7.42. The van der Waals surface area contributed by atoms with Crippen LogP contribution in [0, 0.1) is 0 Å². The number of hydrogen-bond donors (Lipinski definition) is 2. The molecule has 0 amide bonds. The molecule has 0 unspecified atom stereocenters. The number of aryl methyl sites for hydroxylation is 1. The van der Waals surface area contributed by atoms with E-state index in [1.165, 1.54) is 18.9 Å². The van der Waals surface area contributed by atoms with E-state index in [9.17, 15) is 9.90 Å². The molecule has 0 radical (unpaired) electrons. The third-order valence-electron chi connectivity index (χ3n) is 3.78. The number of thioether (sulfide) groups is 1. The van der Waals surface area contributed by atoms with Crippen molar-refractivity contribution < 1.29 is 14.6 Å². The molecule has 8 heteroatoms. The van der Waals surface area contributed by atoms with E-state index in [2.05, 4.69) is 21.9 Å². The van der Waals surface area contributed by atoms with Gasteiger partial charge in [0.15, 0.2) is 5.16 Å². The summed E-state index contributed by atoms with van der Waals surface area (Å²) in [4.78, 5) is 24.0. The Morgan fingerprint density at radius 2 is 2.19 bits per heavy atom. The first kappa shape index (κ1) is 18.1. The molecule has 0 spiro atoms. The first-order valence-electron chi connectivity index (χ1n) is 8.23. The zero-order valence-electron chi connectivity index (χ0n) is 14.6. The van der Waals surface area contributed by atoms with Gasteiger partial charge in [-0.05, 0) is 18.6 Å². The number of methoxy groups -OCH3 is 1. The Morgan fingerprint density at radius 3 is 2.92 bits per heavy atom. The molecule has 3 aromatic rings. The number of para-hydroxylation sites is 2. The van der Waals surface area contributed by atoms with Crippen molar-refractivity contribution in [1.29, 1.82) is 0 Å². The van der Waals surface area contributed by atoms with Crippen molar-refractivity contribution in [2.45, 2.75) is 25.0 Å². The summed E-state index contributed by atoms with van der Waals surface area (Å²) in [6.07, 6.45) is 4.60. The molecule has 0 atom stereocenters. The smallest absolute Gasteiger partial charge is 0.345 e. The SMILES string of the molecule is CCCn1ccnc1SC/C(O)=C(\C(=O)OC)c1nc2ccccc2[nH]1. The summed E-state index contributed by atoms with van der Waals surface area (Å²) in [5.74, 6) is -0.276. The van der Waals surface area contributed by atoms with Crippen molar-refractivity contribution in [3.05, 3.63) is 48.2 Å². The standard InChI is InChI=1S/C18H20N4O3S/c1-3-9-22-10-8-19-18(22)26-11-14(23)15(17(24)25-2)16-20-12-6-4-5-7-13(12)21-16/h4-8,10,23H,3,9,11H2,1-2H3,(H,20,21)/b15-14+. The van der Waals surface area contributed by atoms with Gasteiger partial charge in [-0.3, -0.25) is 0 Å². The van der Waals surface area contributed by atoms with Gasteiger partial charge < -0.3 is 19.4 Å². The Labute approximate surface area is 155 Å². The van der Waals surface area contributed by atoms with Crippen molar-refractivity contribution in [3.63, 3.8) is 0 Å². The monoisotopic (exact) mass is 372 g/mol. The maximum absolute atomic E-state index is 12.2. The van der Waals surface area contributed by atoms with Crippen molar-refractivity contribution >= 4 is 34.3 Å². The van der Waals surface area contributed by atoms with Gasteiger partial charge in [-0.2, -0.15) is 0 Å². The van der Waals surface area contributed by atoms with E-state index in [-0.39, 0.29) is 22.9 Å². The van der Waals surface area contributed by atoms with Gasteiger partial charge in [0, 0.05) is 18.9 Å². The summed E-state index contributed by atoms with van der Waals surface area (Å²) in [6.45, 7) is 2.93. The number of aliphatic hydroxyl groups excluding tert-OH is 1. The van der Waals surface area contributed by atoms with Gasteiger partial charge in [-0.25, -0.2) is 14.8 Å². The highest BCUT2D eigenvalue weighted by molar-refractivity contribution is 7.99. The fraction of sp³-hybridized carbons (Fsp3) is 0.278. The number of rotatable bonds is 7. The molecule has 7 nitrogen and oxygen atoms in total. The Morgan fingerprint density at radius 1 is 1.38 bits per heavy atom. The molecular weight excluding hydrogens is 352 g/mol. The average molecular weight is 372 g/mol. The summed E-state index contributed by atoms with van der Waals surface area (Å²) in [7, 11) is 1.28. The first-order chi connectivity index (χ1) is 12.6. The molecule has 2 N–H and O–H groups in total. The van der Waals surface area contributed by atoms with E-state index in [0.717, 1.165) is 23.6 Å². The minimum atomic E-state index is -0.640. The second-order valence-electron chi connectivity index (χ2n) is 5.61. The summed E-state index contributed by atoms with van der Waals surface area (Å²) < 4.78 is 6.85. The highest BCUT2D eigenvalue weighted by Crippen LogP contribution is 2.25. The van der Waals surface area contributed by atoms with Crippen molar-refractivity contribution in [1.82, 2.24) is 19.5 Å². The Balaban J connectivity index is 1.90. The number of aromatic nitrogens is 4. The van der Waals surface area contributed by atoms with E-state index in [1.54, 1.807) is 6.20 Å². The molecule has 2 aromatic heterocycles. The highest BCUT2D eigenvalue weighted by Gasteiger charge is 2.22. The number of aromatic amines is 1. The molecule has 3 rings (SSSR count). The zero-order valence-corrected chi connectivity index (χ0v) is 15.4. The third-order valence-corrected chi connectivity index (χ3v) is 4.80. The number of ether oxygens (including phenoxy) is 1. The number of imidazole rings is 2. The number of fused-ring (bicyclic) bond motifs is 1. The lowest BCUT2D eigenvalue weighted by atomic mass is 10.2. The molecule has 26 heavy (non-hydrogen) atoms. The van der Waals surface area contributed by atoms with Crippen LogP contribution < -0.4 is 0 Å². The van der Waals surface area contributed by atoms with Crippen LogP contribution in [0.3, 0.4) is 0 Å². The van der Waals surface area contributed by atoms with Crippen LogP contribution >= 0.6 is 11.8 Å². The lowest BCUT2D eigenvalue weighted by Crippen LogP contribution is -2.10. The largest absolute Gasteiger partial charge is 0.510 e. The highest BCUT2D eigenvalue weighted by atomic mass is 32.2. The number of nitrogens with one attached hydrogen (secondary N) is 1. The molecule has 2 heterocycles. The van der Waals surface area contributed by atoms with E-state index in [4.69, 9.17) is 4.74 Å². The van der Waals surface area contributed by atoms with Crippen LogP contribution in [0.5, 0.6) is 0 Å². The normalized spacial score (nSPS) is 12.2. The molecule has 0 aliphatic heterocycles. The predicted octanol–water partition coefficient (Wildman–Crippen LogP) is 3.40. The lowest BCUT2D eigenvalue weighted by Gasteiger charge is -2.08. The number of aliphatic hydroxyl groups is 1. The van der Waals surface area contributed by atoms with Crippen LogP contribution in [0.2, 0.25) is 0 Å². The van der Waals surface area contributed by atoms with Gasteiger partial charge in [-0.1, -0.05) is 30.8 Å². The van der Waals surface area contributed by atoms with Gasteiger partial charge in [0.1, 0.15) is 17.2 Å². The van der Waals surface area contributed by atoms with E-state index >= 15 is 0 Å². The van der Waals surface area contributed by atoms with Gasteiger partial charge in [0.25, 0.3) is 0 Å². The number of esters is 1. The Bertz CT molecular complexity index is 912. The topological polar surface area (TPSA) is 93.0 Å². The van der Waals surface area contributed by atoms with Crippen LogP contribution in [0.4, 0.5) is 0 Å². The second kappa shape index (κ2) is 8.09. The fourth-order valence-electron chi connectivity index (χ4n) is 2.58. The molecule has 0 aliphatic rings. The summed E-state index contributed by atoms with van der Waals surface area (Å²) >= 11 is 1.35. The van der Waals surface area contributed by atoms with Gasteiger partial charge in [0.05, 0.1) is 23.9 Å². The maximum atomic E-state index is 12.2. The zero-order chi connectivity index (χ0) is 18.5.